The summed E-state index contributed by atoms with van der Waals surface area (Å²) in [6, 6.07) is 22.6. The van der Waals surface area contributed by atoms with Gasteiger partial charge in [0.2, 0.25) is 0 Å². The molecule has 0 radical (unpaired) electrons. The van der Waals surface area contributed by atoms with Crippen LogP contribution < -0.4 is 5.56 Å². The largest absolute Gasteiger partial charge is 0.311 e. The topological polar surface area (TPSA) is 39.1 Å². The number of ketones is 1. The van der Waals surface area contributed by atoms with Crippen molar-refractivity contribution in [2.75, 3.05) is 0 Å². The molecule has 0 saturated carbocycles. The number of halogens is 1. The Kier molecular flexibility index (Phi) is 5.39. The van der Waals surface area contributed by atoms with Crippen LogP contribution in [0.2, 0.25) is 5.02 Å². The molecule has 0 fully saturated rings. The molecule has 0 unspecified atom stereocenters. The van der Waals surface area contributed by atoms with Crippen LogP contribution in [0.3, 0.4) is 0 Å². The summed E-state index contributed by atoms with van der Waals surface area (Å²) < 4.78 is 1.51. The molecule has 0 spiro atoms. The number of nitrogens with zero attached hydrogens (tertiary/aromatic N) is 1. The molecule has 0 aliphatic carbocycles. The Balaban J connectivity index is 1.99. The summed E-state index contributed by atoms with van der Waals surface area (Å²) in [5.41, 5.74) is 3.94. The maximum absolute atomic E-state index is 13.3. The number of aromatic nitrogens is 1. The van der Waals surface area contributed by atoms with Crippen molar-refractivity contribution in [3.8, 4) is 11.1 Å². The fraction of sp³-hybridized carbons (Fsp3) is 0.0769. The lowest BCUT2D eigenvalue weighted by molar-refractivity contribution is 0.104. The van der Waals surface area contributed by atoms with E-state index in [1.165, 1.54) is 10.6 Å². The molecule has 0 bridgehead atoms. The monoisotopic (exact) mass is 413 g/mol. The molecule has 0 atom stereocenters. The number of hydrogen-bond acceptors (Lipinski definition) is 2. The number of fused-ring (bicyclic) bond motifs is 1. The van der Waals surface area contributed by atoms with Crippen molar-refractivity contribution in [2.24, 2.45) is 7.05 Å². The Hall–Kier alpha value is -3.43. The van der Waals surface area contributed by atoms with Gasteiger partial charge in [0, 0.05) is 23.0 Å². The maximum Gasteiger partial charge on any atom is 0.262 e. The SMILES string of the molecule is Cc1ccccc1/C=C/C(=O)c1c(-c2ccccc2)c2cc(Cl)ccc2n(C)c1=O. The van der Waals surface area contributed by atoms with Gasteiger partial charge in [-0.15, -0.1) is 0 Å². The lowest BCUT2D eigenvalue weighted by Gasteiger charge is -2.15. The summed E-state index contributed by atoms with van der Waals surface area (Å²) in [5, 5.41) is 1.32. The van der Waals surface area contributed by atoms with Gasteiger partial charge in [0.25, 0.3) is 5.56 Å². The first-order chi connectivity index (χ1) is 14.5. The first kappa shape index (κ1) is 19.9. The van der Waals surface area contributed by atoms with Crippen LogP contribution in [0.15, 0.2) is 83.7 Å². The van der Waals surface area contributed by atoms with Crippen LogP contribution in [-0.2, 0) is 7.05 Å². The van der Waals surface area contributed by atoms with E-state index in [0.29, 0.717) is 10.6 Å². The van der Waals surface area contributed by atoms with Gasteiger partial charge in [-0.1, -0.05) is 72.3 Å². The van der Waals surface area contributed by atoms with Crippen LogP contribution >= 0.6 is 11.6 Å². The van der Waals surface area contributed by atoms with Crippen LogP contribution in [0.5, 0.6) is 0 Å². The molecule has 1 heterocycles. The highest BCUT2D eigenvalue weighted by Gasteiger charge is 2.21. The summed E-state index contributed by atoms with van der Waals surface area (Å²) in [6.07, 6.45) is 3.23. The Morgan fingerprint density at radius 2 is 1.67 bits per heavy atom. The maximum atomic E-state index is 13.3. The lowest BCUT2D eigenvalue weighted by Crippen LogP contribution is -2.25. The highest BCUT2D eigenvalue weighted by Crippen LogP contribution is 2.32. The fourth-order valence-corrected chi connectivity index (χ4v) is 3.85. The van der Waals surface area contributed by atoms with Crippen molar-refractivity contribution in [1.29, 1.82) is 0 Å². The molecule has 0 amide bonds. The molecule has 0 aliphatic rings. The predicted molar refractivity (Wildman–Crippen MR) is 124 cm³/mol. The second-order valence-electron chi connectivity index (χ2n) is 7.20. The summed E-state index contributed by atoms with van der Waals surface area (Å²) >= 11 is 6.27. The summed E-state index contributed by atoms with van der Waals surface area (Å²) in [5.74, 6) is -0.334. The summed E-state index contributed by atoms with van der Waals surface area (Å²) in [6.45, 7) is 1.98. The Morgan fingerprint density at radius 1 is 0.967 bits per heavy atom. The third-order valence-corrected chi connectivity index (χ3v) is 5.50. The first-order valence-electron chi connectivity index (χ1n) is 9.63. The van der Waals surface area contributed by atoms with E-state index >= 15 is 0 Å². The predicted octanol–water partition coefficient (Wildman–Crippen LogP) is 6.06. The molecule has 1 aromatic heterocycles. The van der Waals surface area contributed by atoms with Crippen molar-refractivity contribution in [3.05, 3.63) is 111 Å². The standard InChI is InChI=1S/C26H20ClNO2/c1-17-8-6-7-9-18(17)12-15-23(29)25-24(19-10-4-3-5-11-19)21-16-20(27)13-14-22(21)28(2)26(25)30/h3-16H,1-2H3/b15-12+. The highest BCUT2D eigenvalue weighted by atomic mass is 35.5. The smallest absolute Gasteiger partial charge is 0.262 e. The van der Waals surface area contributed by atoms with Gasteiger partial charge in [-0.3, -0.25) is 9.59 Å². The molecule has 0 N–H and O–H groups in total. The average Bonchev–Trinajstić information content (AvgIpc) is 2.75. The zero-order valence-electron chi connectivity index (χ0n) is 16.7. The molecule has 4 heteroatoms. The second-order valence-corrected chi connectivity index (χ2v) is 7.63. The number of carbonyl (C=O) groups is 1. The molecule has 148 valence electrons. The van der Waals surface area contributed by atoms with E-state index in [-0.39, 0.29) is 16.9 Å². The van der Waals surface area contributed by atoms with Gasteiger partial charge < -0.3 is 4.57 Å². The van der Waals surface area contributed by atoms with Gasteiger partial charge in [-0.2, -0.15) is 0 Å². The average molecular weight is 414 g/mol. The fourth-order valence-electron chi connectivity index (χ4n) is 3.68. The summed E-state index contributed by atoms with van der Waals surface area (Å²) in [4.78, 5) is 26.5. The number of aryl methyl sites for hydroxylation is 2. The van der Waals surface area contributed by atoms with Gasteiger partial charge >= 0.3 is 0 Å². The van der Waals surface area contributed by atoms with Gasteiger partial charge in [0.05, 0.1) is 11.1 Å². The molecular formula is C26H20ClNO2. The zero-order chi connectivity index (χ0) is 21.3. The van der Waals surface area contributed by atoms with Crippen molar-refractivity contribution in [2.45, 2.75) is 6.92 Å². The van der Waals surface area contributed by atoms with Gasteiger partial charge in [-0.25, -0.2) is 0 Å². The molecule has 0 aliphatic heterocycles. The second kappa shape index (κ2) is 8.13. The van der Waals surface area contributed by atoms with Crippen LogP contribution in [0.25, 0.3) is 28.1 Å². The quantitative estimate of drug-likeness (QED) is 0.301. The van der Waals surface area contributed by atoms with E-state index in [0.717, 1.165) is 27.6 Å². The zero-order valence-corrected chi connectivity index (χ0v) is 17.5. The van der Waals surface area contributed by atoms with E-state index in [1.54, 1.807) is 25.3 Å². The van der Waals surface area contributed by atoms with Crippen molar-refractivity contribution in [3.63, 3.8) is 0 Å². The number of hydrogen-bond donors (Lipinski definition) is 0. The molecule has 3 aromatic carbocycles. The Labute approximate surface area is 179 Å². The lowest BCUT2D eigenvalue weighted by atomic mass is 9.93. The third-order valence-electron chi connectivity index (χ3n) is 5.27. The van der Waals surface area contributed by atoms with Crippen LogP contribution in [-0.4, -0.2) is 10.4 Å². The van der Waals surface area contributed by atoms with E-state index < -0.39 is 0 Å². The van der Waals surface area contributed by atoms with Gasteiger partial charge in [-0.05, 0) is 47.9 Å². The van der Waals surface area contributed by atoms with E-state index in [1.807, 2.05) is 67.6 Å². The first-order valence-corrected chi connectivity index (χ1v) is 10.0. The van der Waals surface area contributed by atoms with E-state index in [2.05, 4.69) is 0 Å². The van der Waals surface area contributed by atoms with E-state index in [4.69, 9.17) is 11.6 Å². The van der Waals surface area contributed by atoms with Gasteiger partial charge in [0.15, 0.2) is 5.78 Å². The molecule has 30 heavy (non-hydrogen) atoms. The van der Waals surface area contributed by atoms with Crippen LogP contribution in [0.1, 0.15) is 21.5 Å². The number of allylic oxidation sites excluding steroid dienone is 1. The minimum Gasteiger partial charge on any atom is -0.311 e. The number of carbonyl (C=O) groups excluding carboxylic acids is 1. The number of benzene rings is 3. The summed E-state index contributed by atoms with van der Waals surface area (Å²) in [7, 11) is 1.68. The number of pyridine rings is 1. The van der Waals surface area contributed by atoms with Crippen molar-refractivity contribution >= 4 is 34.4 Å². The Morgan fingerprint density at radius 3 is 2.40 bits per heavy atom. The minimum atomic E-state index is -0.334. The van der Waals surface area contributed by atoms with Gasteiger partial charge in [0.1, 0.15) is 0 Å². The van der Waals surface area contributed by atoms with Crippen LogP contribution in [0.4, 0.5) is 0 Å². The van der Waals surface area contributed by atoms with Crippen LogP contribution in [0, 0.1) is 6.92 Å². The van der Waals surface area contributed by atoms with Crippen molar-refractivity contribution in [1.82, 2.24) is 4.57 Å². The Bertz CT molecular complexity index is 1350. The molecular weight excluding hydrogens is 394 g/mol. The third kappa shape index (κ3) is 3.60. The number of rotatable bonds is 4. The molecule has 4 rings (SSSR count). The van der Waals surface area contributed by atoms with E-state index in [9.17, 15) is 9.59 Å². The molecule has 3 nitrogen and oxygen atoms in total. The normalized spacial score (nSPS) is 11.3. The van der Waals surface area contributed by atoms with Crippen molar-refractivity contribution < 1.29 is 4.79 Å². The highest BCUT2D eigenvalue weighted by molar-refractivity contribution is 6.31. The molecule has 4 aromatic rings. The molecule has 0 saturated heterocycles. The minimum absolute atomic E-state index is 0.142.